The Morgan fingerprint density at radius 2 is 1.42 bits per heavy atom. The lowest BCUT2D eigenvalue weighted by atomic mass is 10.0. The van der Waals surface area contributed by atoms with E-state index >= 15 is 0 Å². The van der Waals surface area contributed by atoms with Crippen molar-refractivity contribution in [3.05, 3.63) is 130 Å². The fourth-order valence-corrected chi connectivity index (χ4v) is 3.98. The number of carboxylic acids is 1. The van der Waals surface area contributed by atoms with Crippen molar-refractivity contribution in [2.24, 2.45) is 0 Å². The maximum absolute atomic E-state index is 13.8. The third-order valence-corrected chi connectivity index (χ3v) is 6.07. The highest BCUT2D eigenvalue weighted by molar-refractivity contribution is 6.30. The first-order valence-electron chi connectivity index (χ1n) is 11.3. The van der Waals surface area contributed by atoms with Gasteiger partial charge < -0.3 is 15.1 Å². The summed E-state index contributed by atoms with van der Waals surface area (Å²) in [4.78, 5) is 26.3. The van der Waals surface area contributed by atoms with E-state index in [-0.39, 0.29) is 23.4 Å². The molecule has 0 saturated heterocycles. The van der Waals surface area contributed by atoms with Gasteiger partial charge in [0.1, 0.15) is 17.1 Å². The summed E-state index contributed by atoms with van der Waals surface area (Å²) >= 11 is 5.94. The van der Waals surface area contributed by atoms with Gasteiger partial charge in [-0.05, 0) is 78.1 Å². The molecule has 5 nitrogen and oxygen atoms in total. The molecule has 0 bridgehead atoms. The molecule has 0 radical (unpaired) electrons. The molecule has 0 aliphatic heterocycles. The van der Waals surface area contributed by atoms with Crippen LogP contribution in [-0.2, 0) is 19.4 Å². The molecule has 4 aromatic carbocycles. The number of anilines is 1. The van der Waals surface area contributed by atoms with Gasteiger partial charge in [-0.15, -0.1) is 0 Å². The molecule has 36 heavy (non-hydrogen) atoms. The van der Waals surface area contributed by atoms with Crippen LogP contribution in [0.3, 0.4) is 0 Å². The first kappa shape index (κ1) is 24.9. The lowest BCUT2D eigenvalue weighted by Gasteiger charge is -2.24. The van der Waals surface area contributed by atoms with Gasteiger partial charge in [0, 0.05) is 16.3 Å². The van der Waals surface area contributed by atoms with E-state index in [1.54, 1.807) is 0 Å². The third-order valence-electron chi connectivity index (χ3n) is 5.82. The maximum Gasteiger partial charge on any atom is 0.339 e. The molecule has 0 unspecified atom stereocenters. The van der Waals surface area contributed by atoms with E-state index < -0.39 is 23.4 Å². The molecule has 4 aromatic rings. The molecular weight excluding hydrogens is 481 g/mol. The van der Waals surface area contributed by atoms with Gasteiger partial charge in [0.05, 0.1) is 6.54 Å². The molecule has 0 aliphatic rings. The molecule has 1 amide bonds. The van der Waals surface area contributed by atoms with Crippen LogP contribution in [0.1, 0.15) is 37.4 Å². The average molecular weight is 504 g/mol. The van der Waals surface area contributed by atoms with Crippen molar-refractivity contribution in [3.8, 4) is 5.75 Å². The Morgan fingerprint density at radius 3 is 2.03 bits per heavy atom. The molecular formula is C29H23ClFNO4. The zero-order chi connectivity index (χ0) is 25.7. The molecule has 0 spiro atoms. The summed E-state index contributed by atoms with van der Waals surface area (Å²) in [6.07, 6.45) is 1.68. The first-order valence-corrected chi connectivity index (χ1v) is 11.6. The van der Waals surface area contributed by atoms with Gasteiger partial charge in [-0.1, -0.05) is 54.1 Å². The zero-order valence-electron chi connectivity index (χ0n) is 19.2. The maximum atomic E-state index is 13.8. The predicted octanol–water partition coefficient (Wildman–Crippen LogP) is 6.52. The molecule has 0 heterocycles. The number of halogens is 2. The van der Waals surface area contributed by atoms with Gasteiger partial charge in [-0.2, -0.15) is 0 Å². The minimum Gasteiger partial charge on any atom is -0.507 e. The summed E-state index contributed by atoms with van der Waals surface area (Å²) in [5.74, 6) is -2.78. The number of amides is 1. The van der Waals surface area contributed by atoms with Crippen LogP contribution in [0, 0.1) is 5.82 Å². The van der Waals surface area contributed by atoms with Crippen molar-refractivity contribution in [1.29, 1.82) is 0 Å². The smallest absolute Gasteiger partial charge is 0.339 e. The number of phenols is 1. The van der Waals surface area contributed by atoms with E-state index in [4.69, 9.17) is 11.6 Å². The standard InChI is InChI=1S/C29H23ClFNO4/c30-23-12-10-20(11-13-23)5-4-19-6-8-21(9-7-19)18-32(28(34)22-2-1-3-24(31)16-22)25-14-15-27(33)26(17-25)29(35)36/h1-3,6-17,33H,4-5,18H2,(H,35,36). The summed E-state index contributed by atoms with van der Waals surface area (Å²) < 4.78 is 13.8. The van der Waals surface area contributed by atoms with Crippen LogP contribution in [0.25, 0.3) is 0 Å². The highest BCUT2D eigenvalue weighted by Gasteiger charge is 2.21. The van der Waals surface area contributed by atoms with Gasteiger partial charge in [-0.25, -0.2) is 9.18 Å². The van der Waals surface area contributed by atoms with E-state index in [2.05, 4.69) is 0 Å². The predicted molar refractivity (Wildman–Crippen MR) is 137 cm³/mol. The summed E-state index contributed by atoms with van der Waals surface area (Å²) in [6.45, 7) is 0.122. The number of hydrogen-bond acceptors (Lipinski definition) is 3. The second-order valence-corrected chi connectivity index (χ2v) is 8.79. The second kappa shape index (κ2) is 11.1. The Balaban J connectivity index is 1.58. The van der Waals surface area contributed by atoms with Gasteiger partial charge >= 0.3 is 5.97 Å². The molecule has 0 atom stereocenters. The SMILES string of the molecule is O=C(O)c1cc(N(Cc2ccc(CCc3ccc(Cl)cc3)cc2)C(=O)c2cccc(F)c2)ccc1O. The monoisotopic (exact) mass is 503 g/mol. The summed E-state index contributed by atoms with van der Waals surface area (Å²) in [5, 5.41) is 20.0. The molecule has 0 fully saturated rings. The normalized spacial score (nSPS) is 10.7. The van der Waals surface area contributed by atoms with Crippen molar-refractivity contribution < 1.29 is 24.2 Å². The van der Waals surface area contributed by atoms with E-state index in [9.17, 15) is 24.2 Å². The number of aromatic carboxylic acids is 1. The summed E-state index contributed by atoms with van der Waals surface area (Å²) in [6, 6.07) is 24.7. The van der Waals surface area contributed by atoms with Crippen LogP contribution in [0.15, 0.2) is 91.0 Å². The number of hydrogen-bond donors (Lipinski definition) is 2. The lowest BCUT2D eigenvalue weighted by molar-refractivity contribution is 0.0693. The fourth-order valence-electron chi connectivity index (χ4n) is 3.85. The van der Waals surface area contributed by atoms with Gasteiger partial charge in [0.2, 0.25) is 0 Å². The van der Waals surface area contributed by atoms with Crippen molar-refractivity contribution in [3.63, 3.8) is 0 Å². The van der Waals surface area contributed by atoms with Crippen LogP contribution in [-0.4, -0.2) is 22.1 Å². The number of nitrogens with zero attached hydrogens (tertiary/aromatic N) is 1. The second-order valence-electron chi connectivity index (χ2n) is 8.35. The minimum atomic E-state index is -1.32. The quantitative estimate of drug-likeness (QED) is 0.287. The number of aromatic hydroxyl groups is 1. The minimum absolute atomic E-state index is 0.122. The molecule has 0 aliphatic carbocycles. The van der Waals surface area contributed by atoms with Crippen molar-refractivity contribution >= 4 is 29.2 Å². The van der Waals surface area contributed by atoms with Gasteiger partial charge in [0.25, 0.3) is 5.91 Å². The van der Waals surface area contributed by atoms with E-state index in [1.165, 1.54) is 46.9 Å². The summed E-state index contributed by atoms with van der Waals surface area (Å²) in [7, 11) is 0. The Kier molecular flexibility index (Phi) is 7.66. The number of benzene rings is 4. The number of rotatable bonds is 8. The van der Waals surface area contributed by atoms with Crippen LogP contribution >= 0.6 is 11.6 Å². The highest BCUT2D eigenvalue weighted by Crippen LogP contribution is 2.27. The lowest BCUT2D eigenvalue weighted by Crippen LogP contribution is -2.30. The van der Waals surface area contributed by atoms with Crippen molar-refractivity contribution in [1.82, 2.24) is 0 Å². The fraction of sp³-hybridized carbons (Fsp3) is 0.103. The topological polar surface area (TPSA) is 77.8 Å². The Labute approximate surface area is 213 Å². The zero-order valence-corrected chi connectivity index (χ0v) is 20.0. The van der Waals surface area contributed by atoms with E-state index in [0.717, 1.165) is 30.0 Å². The molecule has 2 N–H and O–H groups in total. The number of carbonyl (C=O) groups excluding carboxylic acids is 1. The summed E-state index contributed by atoms with van der Waals surface area (Å²) in [5.41, 5.74) is 3.17. The Morgan fingerprint density at radius 1 is 0.806 bits per heavy atom. The number of carbonyl (C=O) groups is 2. The van der Waals surface area contributed by atoms with Gasteiger partial charge in [0.15, 0.2) is 0 Å². The molecule has 7 heteroatoms. The van der Waals surface area contributed by atoms with E-state index in [0.29, 0.717) is 5.02 Å². The van der Waals surface area contributed by atoms with Crippen molar-refractivity contribution in [2.75, 3.05) is 4.90 Å². The van der Waals surface area contributed by atoms with Crippen LogP contribution in [0.4, 0.5) is 10.1 Å². The largest absolute Gasteiger partial charge is 0.507 e. The Bertz CT molecular complexity index is 1390. The van der Waals surface area contributed by atoms with Crippen LogP contribution < -0.4 is 4.90 Å². The third kappa shape index (κ3) is 6.09. The van der Waals surface area contributed by atoms with Crippen molar-refractivity contribution in [2.45, 2.75) is 19.4 Å². The van der Waals surface area contributed by atoms with Crippen LogP contribution in [0.2, 0.25) is 5.02 Å². The molecule has 182 valence electrons. The number of carboxylic acid groups (broad SMARTS) is 1. The van der Waals surface area contributed by atoms with Gasteiger partial charge in [-0.3, -0.25) is 4.79 Å². The first-order chi connectivity index (χ1) is 17.3. The highest BCUT2D eigenvalue weighted by atomic mass is 35.5. The molecule has 0 aromatic heterocycles. The van der Waals surface area contributed by atoms with E-state index in [1.807, 2.05) is 48.5 Å². The Hall–Kier alpha value is -4.16. The van der Waals surface area contributed by atoms with Crippen LogP contribution in [0.5, 0.6) is 5.75 Å². The average Bonchev–Trinajstić information content (AvgIpc) is 2.87. The molecule has 0 saturated carbocycles. The molecule has 4 rings (SSSR count). The number of aryl methyl sites for hydroxylation is 2.